The molecular formula is C13H25N3. The van der Waals surface area contributed by atoms with Gasteiger partial charge in [0.2, 0.25) is 0 Å². The minimum atomic E-state index is 0.157. The zero-order chi connectivity index (χ0) is 11.8. The smallest absolute Gasteiger partial charge is 0.0551 e. The molecule has 16 heavy (non-hydrogen) atoms. The van der Waals surface area contributed by atoms with Gasteiger partial charge in [0.05, 0.1) is 5.69 Å². The number of aromatic nitrogens is 2. The van der Waals surface area contributed by atoms with Gasteiger partial charge in [-0.25, -0.2) is 0 Å². The normalized spacial score (nSPS) is 12.9. The molecule has 0 amide bonds. The summed E-state index contributed by atoms with van der Waals surface area (Å²) in [5.74, 6) is 0. The second-order valence-corrected chi connectivity index (χ2v) is 4.38. The van der Waals surface area contributed by atoms with Crippen LogP contribution < -0.4 is 5.73 Å². The fraction of sp³-hybridized carbons (Fsp3) is 0.769. The first kappa shape index (κ1) is 13.2. The van der Waals surface area contributed by atoms with Crippen molar-refractivity contribution in [2.75, 3.05) is 0 Å². The van der Waals surface area contributed by atoms with Gasteiger partial charge >= 0.3 is 0 Å². The third-order valence-corrected chi connectivity index (χ3v) is 3.05. The number of hydrogen-bond acceptors (Lipinski definition) is 2. The summed E-state index contributed by atoms with van der Waals surface area (Å²) in [4.78, 5) is 0. The van der Waals surface area contributed by atoms with Gasteiger partial charge in [-0.3, -0.25) is 4.68 Å². The topological polar surface area (TPSA) is 43.8 Å². The van der Waals surface area contributed by atoms with Crippen LogP contribution in [0.1, 0.15) is 64.1 Å². The maximum atomic E-state index is 6.17. The SMILES string of the molecule is CCCCCCCC(N)c1ccnn1CC. The Kier molecular flexibility index (Phi) is 6.16. The van der Waals surface area contributed by atoms with E-state index >= 15 is 0 Å². The van der Waals surface area contributed by atoms with E-state index in [0.717, 1.165) is 13.0 Å². The first-order valence-electron chi connectivity index (χ1n) is 6.56. The average Bonchev–Trinajstić information content (AvgIpc) is 2.76. The maximum Gasteiger partial charge on any atom is 0.0551 e. The van der Waals surface area contributed by atoms with Gasteiger partial charge < -0.3 is 5.73 Å². The van der Waals surface area contributed by atoms with Gasteiger partial charge in [0, 0.05) is 18.8 Å². The number of nitrogens with two attached hydrogens (primary N) is 1. The molecule has 0 saturated heterocycles. The summed E-state index contributed by atoms with van der Waals surface area (Å²) in [7, 11) is 0. The molecule has 0 aliphatic carbocycles. The molecule has 2 N–H and O–H groups in total. The van der Waals surface area contributed by atoms with Crippen molar-refractivity contribution >= 4 is 0 Å². The van der Waals surface area contributed by atoms with Crippen LogP contribution in [0.4, 0.5) is 0 Å². The fourth-order valence-electron chi connectivity index (χ4n) is 2.04. The Hall–Kier alpha value is -0.830. The Labute approximate surface area is 99.0 Å². The molecule has 0 saturated carbocycles. The monoisotopic (exact) mass is 223 g/mol. The highest BCUT2D eigenvalue weighted by molar-refractivity contribution is 5.05. The number of aryl methyl sites for hydroxylation is 1. The molecule has 3 heteroatoms. The predicted molar refractivity (Wildman–Crippen MR) is 68.2 cm³/mol. The van der Waals surface area contributed by atoms with E-state index in [4.69, 9.17) is 5.73 Å². The minimum absolute atomic E-state index is 0.157. The van der Waals surface area contributed by atoms with E-state index in [9.17, 15) is 0 Å². The zero-order valence-electron chi connectivity index (χ0n) is 10.7. The van der Waals surface area contributed by atoms with Gasteiger partial charge in [-0.15, -0.1) is 0 Å². The summed E-state index contributed by atoms with van der Waals surface area (Å²) < 4.78 is 2.00. The number of hydrogen-bond donors (Lipinski definition) is 1. The molecule has 0 fully saturated rings. The predicted octanol–water partition coefficient (Wildman–Crippen LogP) is 3.26. The van der Waals surface area contributed by atoms with E-state index in [1.54, 1.807) is 0 Å². The van der Waals surface area contributed by atoms with Crippen LogP contribution in [-0.2, 0) is 6.54 Å². The molecule has 1 unspecified atom stereocenters. The van der Waals surface area contributed by atoms with Crippen molar-refractivity contribution in [2.45, 2.75) is 65.0 Å². The van der Waals surface area contributed by atoms with Crippen molar-refractivity contribution in [3.05, 3.63) is 18.0 Å². The Morgan fingerprint density at radius 3 is 2.69 bits per heavy atom. The molecule has 92 valence electrons. The van der Waals surface area contributed by atoms with Crippen molar-refractivity contribution in [3.8, 4) is 0 Å². The van der Waals surface area contributed by atoms with Gasteiger partial charge in [-0.1, -0.05) is 39.0 Å². The van der Waals surface area contributed by atoms with Crippen LogP contribution in [0.25, 0.3) is 0 Å². The van der Waals surface area contributed by atoms with Crippen molar-refractivity contribution < 1.29 is 0 Å². The third-order valence-electron chi connectivity index (χ3n) is 3.05. The lowest BCUT2D eigenvalue weighted by Gasteiger charge is -2.13. The van der Waals surface area contributed by atoms with Crippen LogP contribution in [0.15, 0.2) is 12.3 Å². The lowest BCUT2D eigenvalue weighted by atomic mass is 10.0. The van der Waals surface area contributed by atoms with Gasteiger partial charge in [0.15, 0.2) is 0 Å². The maximum absolute atomic E-state index is 6.17. The van der Waals surface area contributed by atoms with Crippen LogP contribution in [-0.4, -0.2) is 9.78 Å². The molecule has 0 radical (unpaired) electrons. The first-order valence-corrected chi connectivity index (χ1v) is 6.56. The second-order valence-electron chi connectivity index (χ2n) is 4.38. The summed E-state index contributed by atoms with van der Waals surface area (Å²) in [6.07, 6.45) is 9.45. The van der Waals surface area contributed by atoms with Gasteiger partial charge in [-0.05, 0) is 19.4 Å². The molecule has 0 aromatic carbocycles. The fourth-order valence-corrected chi connectivity index (χ4v) is 2.04. The molecule has 0 bridgehead atoms. The number of rotatable bonds is 8. The summed E-state index contributed by atoms with van der Waals surface area (Å²) >= 11 is 0. The van der Waals surface area contributed by atoms with Crippen molar-refractivity contribution in [3.63, 3.8) is 0 Å². The molecule has 0 aliphatic rings. The lowest BCUT2D eigenvalue weighted by Crippen LogP contribution is -2.15. The zero-order valence-corrected chi connectivity index (χ0v) is 10.7. The molecule has 3 nitrogen and oxygen atoms in total. The molecule has 1 aromatic rings. The largest absolute Gasteiger partial charge is 0.323 e. The third kappa shape index (κ3) is 3.97. The van der Waals surface area contributed by atoms with Gasteiger partial charge in [0.1, 0.15) is 0 Å². The van der Waals surface area contributed by atoms with Gasteiger partial charge in [0.25, 0.3) is 0 Å². The summed E-state index contributed by atoms with van der Waals surface area (Å²) in [5.41, 5.74) is 7.35. The Balaban J connectivity index is 2.27. The summed E-state index contributed by atoms with van der Waals surface area (Å²) in [6, 6.07) is 2.20. The standard InChI is InChI=1S/C13H25N3/c1-3-5-6-7-8-9-12(14)13-10-11-15-16(13)4-2/h10-12H,3-9,14H2,1-2H3. The molecule has 1 rings (SSSR count). The van der Waals surface area contributed by atoms with E-state index < -0.39 is 0 Å². The first-order chi connectivity index (χ1) is 7.79. The van der Waals surface area contributed by atoms with Crippen molar-refractivity contribution in [1.82, 2.24) is 9.78 Å². The van der Waals surface area contributed by atoms with Crippen molar-refractivity contribution in [2.24, 2.45) is 5.73 Å². The Morgan fingerprint density at radius 2 is 2.00 bits per heavy atom. The van der Waals surface area contributed by atoms with Crippen LogP contribution in [0, 0.1) is 0 Å². The highest BCUT2D eigenvalue weighted by Gasteiger charge is 2.10. The molecule has 0 spiro atoms. The lowest BCUT2D eigenvalue weighted by molar-refractivity contribution is 0.512. The quantitative estimate of drug-likeness (QED) is 0.687. The molecular weight excluding hydrogens is 198 g/mol. The number of nitrogens with zero attached hydrogens (tertiary/aromatic N) is 2. The number of unbranched alkanes of at least 4 members (excludes halogenated alkanes) is 4. The Bertz CT molecular complexity index is 280. The van der Waals surface area contributed by atoms with E-state index in [-0.39, 0.29) is 6.04 Å². The molecule has 1 heterocycles. The van der Waals surface area contributed by atoms with Crippen LogP contribution >= 0.6 is 0 Å². The second kappa shape index (κ2) is 7.44. The van der Waals surface area contributed by atoms with Crippen molar-refractivity contribution in [1.29, 1.82) is 0 Å². The van der Waals surface area contributed by atoms with E-state index in [2.05, 4.69) is 18.9 Å². The minimum Gasteiger partial charge on any atom is -0.323 e. The van der Waals surface area contributed by atoms with Crippen LogP contribution in [0.5, 0.6) is 0 Å². The average molecular weight is 223 g/mol. The highest BCUT2D eigenvalue weighted by atomic mass is 15.3. The van der Waals surface area contributed by atoms with Gasteiger partial charge in [-0.2, -0.15) is 5.10 Å². The molecule has 0 aliphatic heterocycles. The Morgan fingerprint density at radius 1 is 1.25 bits per heavy atom. The highest BCUT2D eigenvalue weighted by Crippen LogP contribution is 2.17. The molecule has 1 aromatic heterocycles. The van der Waals surface area contributed by atoms with E-state index in [1.165, 1.54) is 37.8 Å². The molecule has 1 atom stereocenters. The van der Waals surface area contributed by atoms with E-state index in [0.29, 0.717) is 0 Å². The van der Waals surface area contributed by atoms with Crippen LogP contribution in [0.3, 0.4) is 0 Å². The van der Waals surface area contributed by atoms with E-state index in [1.807, 2.05) is 16.9 Å². The summed E-state index contributed by atoms with van der Waals surface area (Å²) in [5, 5.41) is 4.25. The van der Waals surface area contributed by atoms with Crippen LogP contribution in [0.2, 0.25) is 0 Å². The summed E-state index contributed by atoms with van der Waals surface area (Å²) in [6.45, 7) is 5.25.